The first-order valence-electron chi connectivity index (χ1n) is 4.88. The van der Waals surface area contributed by atoms with E-state index in [-0.39, 0.29) is 11.0 Å². The van der Waals surface area contributed by atoms with Crippen LogP contribution in [0.25, 0.3) is 0 Å². The number of hydrogen-bond donors (Lipinski definition) is 1. The highest BCUT2D eigenvalue weighted by Gasteiger charge is 2.44. The first-order chi connectivity index (χ1) is 6.37. The fourth-order valence-electron chi connectivity index (χ4n) is 1.52. The highest BCUT2D eigenvalue weighted by molar-refractivity contribution is 7.85. The van der Waals surface area contributed by atoms with Crippen LogP contribution in [0.4, 0.5) is 0 Å². The molecule has 3 nitrogen and oxygen atoms in total. The molecule has 14 heavy (non-hydrogen) atoms. The molecule has 0 aromatic carbocycles. The summed E-state index contributed by atoms with van der Waals surface area (Å²) in [6, 6.07) is 2.17. The van der Waals surface area contributed by atoms with E-state index in [9.17, 15) is 4.21 Å². The number of nitrogens with zero attached hydrogens (tertiary/aromatic N) is 1. The van der Waals surface area contributed by atoms with Crippen LogP contribution in [0, 0.1) is 16.7 Å². The van der Waals surface area contributed by atoms with Gasteiger partial charge in [0.1, 0.15) is 0 Å². The molecule has 0 heterocycles. The third-order valence-electron chi connectivity index (χ3n) is 2.41. The molecule has 1 rings (SSSR count). The van der Waals surface area contributed by atoms with E-state index >= 15 is 0 Å². The maximum atomic E-state index is 11.7. The summed E-state index contributed by atoms with van der Waals surface area (Å²) in [4.78, 5) is 0. The van der Waals surface area contributed by atoms with Gasteiger partial charge in [0.15, 0.2) is 0 Å². The van der Waals surface area contributed by atoms with Crippen molar-refractivity contribution in [3.8, 4) is 6.07 Å². The van der Waals surface area contributed by atoms with Crippen LogP contribution < -0.4 is 5.73 Å². The Hall–Kier alpha value is -0.400. The van der Waals surface area contributed by atoms with Crippen molar-refractivity contribution in [1.29, 1.82) is 5.26 Å². The quantitative estimate of drug-likeness (QED) is 0.747. The van der Waals surface area contributed by atoms with Crippen LogP contribution in [0.3, 0.4) is 0 Å². The molecule has 1 fully saturated rings. The van der Waals surface area contributed by atoms with E-state index in [4.69, 9.17) is 11.0 Å². The van der Waals surface area contributed by atoms with Crippen LogP contribution in [-0.2, 0) is 10.8 Å². The second kappa shape index (κ2) is 4.00. The zero-order chi connectivity index (χ0) is 10.8. The Kier molecular flexibility index (Phi) is 3.33. The van der Waals surface area contributed by atoms with E-state index in [1.807, 2.05) is 13.8 Å². The molecule has 0 amide bonds. The van der Waals surface area contributed by atoms with Gasteiger partial charge >= 0.3 is 0 Å². The molecule has 1 saturated carbocycles. The second-order valence-corrected chi connectivity index (χ2v) is 6.51. The number of nitrogens with two attached hydrogens (primary N) is 1. The van der Waals surface area contributed by atoms with Crippen LogP contribution in [0.5, 0.6) is 0 Å². The molecule has 0 aromatic heterocycles. The van der Waals surface area contributed by atoms with Crippen molar-refractivity contribution in [2.45, 2.75) is 38.6 Å². The number of hydrogen-bond acceptors (Lipinski definition) is 3. The fourth-order valence-corrected chi connectivity index (χ4v) is 3.53. The zero-order valence-electron chi connectivity index (χ0n) is 8.88. The Bertz CT molecular complexity index is 271. The predicted octanol–water partition coefficient (Wildman–Crippen LogP) is 1.17. The molecule has 0 aliphatic heterocycles. The Morgan fingerprint density at radius 2 is 2.14 bits per heavy atom. The minimum atomic E-state index is -0.874. The standard InChI is InChI=1S/C10H18N2OS/c1-9(2,12)7-14(13)8-10(3-4-10)5-6-11/h3-5,7-8,12H2,1-2H3. The van der Waals surface area contributed by atoms with Gasteiger partial charge in [0.25, 0.3) is 0 Å². The van der Waals surface area contributed by atoms with Crippen molar-refractivity contribution in [2.75, 3.05) is 11.5 Å². The summed E-state index contributed by atoms with van der Waals surface area (Å²) in [6.45, 7) is 3.77. The minimum absolute atomic E-state index is 0.0743. The molecule has 0 spiro atoms. The molecule has 1 atom stereocenters. The maximum absolute atomic E-state index is 11.7. The molecule has 1 unspecified atom stereocenters. The predicted molar refractivity (Wildman–Crippen MR) is 58.0 cm³/mol. The van der Waals surface area contributed by atoms with Gasteiger partial charge in [0.2, 0.25) is 0 Å². The van der Waals surface area contributed by atoms with Crippen molar-refractivity contribution in [1.82, 2.24) is 0 Å². The lowest BCUT2D eigenvalue weighted by Gasteiger charge is -2.19. The van der Waals surface area contributed by atoms with Crippen LogP contribution >= 0.6 is 0 Å². The maximum Gasteiger partial charge on any atom is 0.0627 e. The van der Waals surface area contributed by atoms with Gasteiger partial charge in [-0.25, -0.2) is 0 Å². The monoisotopic (exact) mass is 214 g/mol. The highest BCUT2D eigenvalue weighted by Crippen LogP contribution is 2.49. The van der Waals surface area contributed by atoms with Gasteiger partial charge < -0.3 is 5.73 Å². The molecular weight excluding hydrogens is 196 g/mol. The van der Waals surface area contributed by atoms with Gasteiger partial charge in [-0.1, -0.05) is 0 Å². The van der Waals surface area contributed by atoms with Crippen LogP contribution in [-0.4, -0.2) is 21.3 Å². The van der Waals surface area contributed by atoms with Crippen molar-refractivity contribution in [2.24, 2.45) is 11.1 Å². The third-order valence-corrected chi connectivity index (χ3v) is 4.41. The van der Waals surface area contributed by atoms with Crippen molar-refractivity contribution < 1.29 is 4.21 Å². The molecular formula is C10H18N2OS. The first-order valence-corrected chi connectivity index (χ1v) is 6.37. The van der Waals surface area contributed by atoms with Crippen LogP contribution in [0.2, 0.25) is 0 Å². The first kappa shape index (κ1) is 11.7. The molecule has 80 valence electrons. The van der Waals surface area contributed by atoms with Gasteiger partial charge in [-0.3, -0.25) is 4.21 Å². The molecule has 0 saturated heterocycles. The lowest BCUT2D eigenvalue weighted by Crippen LogP contribution is -2.39. The Labute approximate surface area is 88.1 Å². The van der Waals surface area contributed by atoms with E-state index in [0.29, 0.717) is 17.9 Å². The summed E-state index contributed by atoms with van der Waals surface area (Å²) < 4.78 is 11.7. The molecule has 0 radical (unpaired) electrons. The van der Waals surface area contributed by atoms with E-state index in [2.05, 4.69) is 6.07 Å². The van der Waals surface area contributed by atoms with Gasteiger partial charge in [-0.2, -0.15) is 5.26 Å². The van der Waals surface area contributed by atoms with Gasteiger partial charge in [-0.05, 0) is 32.1 Å². The third kappa shape index (κ3) is 3.77. The topological polar surface area (TPSA) is 66.9 Å². The number of nitriles is 1. The van der Waals surface area contributed by atoms with Crippen LogP contribution in [0.15, 0.2) is 0 Å². The Morgan fingerprint density at radius 3 is 2.50 bits per heavy atom. The Balaban J connectivity index is 2.39. The summed E-state index contributed by atoms with van der Waals surface area (Å²) in [5.74, 6) is 1.18. The lowest BCUT2D eigenvalue weighted by molar-refractivity contribution is 0.559. The average molecular weight is 214 g/mol. The molecule has 2 N–H and O–H groups in total. The fraction of sp³-hybridized carbons (Fsp3) is 0.900. The largest absolute Gasteiger partial charge is 0.325 e. The van der Waals surface area contributed by atoms with Crippen molar-refractivity contribution in [3.05, 3.63) is 0 Å². The second-order valence-electron chi connectivity index (χ2n) is 5.05. The summed E-state index contributed by atoms with van der Waals surface area (Å²) in [6.07, 6.45) is 2.65. The lowest BCUT2D eigenvalue weighted by atomic mass is 10.1. The highest BCUT2D eigenvalue weighted by atomic mass is 32.2. The Morgan fingerprint density at radius 1 is 1.57 bits per heavy atom. The summed E-state index contributed by atoms with van der Waals surface area (Å²) >= 11 is 0. The van der Waals surface area contributed by atoms with Crippen molar-refractivity contribution in [3.63, 3.8) is 0 Å². The van der Waals surface area contributed by atoms with Gasteiger partial charge in [0, 0.05) is 34.3 Å². The average Bonchev–Trinajstić information content (AvgIpc) is 2.64. The van der Waals surface area contributed by atoms with E-state index < -0.39 is 10.8 Å². The van der Waals surface area contributed by atoms with Gasteiger partial charge in [0.05, 0.1) is 6.07 Å². The smallest absolute Gasteiger partial charge is 0.0627 e. The zero-order valence-corrected chi connectivity index (χ0v) is 9.69. The molecule has 0 bridgehead atoms. The van der Waals surface area contributed by atoms with E-state index in [0.717, 1.165) is 12.8 Å². The minimum Gasteiger partial charge on any atom is -0.325 e. The van der Waals surface area contributed by atoms with E-state index in [1.54, 1.807) is 0 Å². The van der Waals surface area contributed by atoms with Crippen molar-refractivity contribution >= 4 is 10.8 Å². The molecule has 0 aromatic rings. The van der Waals surface area contributed by atoms with Gasteiger partial charge in [-0.15, -0.1) is 0 Å². The molecule has 4 heteroatoms. The van der Waals surface area contributed by atoms with Crippen LogP contribution in [0.1, 0.15) is 33.1 Å². The summed E-state index contributed by atoms with van der Waals surface area (Å²) in [7, 11) is -0.874. The SMILES string of the molecule is CC(C)(N)CS(=O)CC1(CC#N)CC1. The molecule has 1 aliphatic rings. The summed E-state index contributed by atoms with van der Waals surface area (Å²) in [5.41, 5.74) is 5.50. The molecule has 1 aliphatic carbocycles. The van der Waals surface area contributed by atoms with E-state index in [1.165, 1.54) is 0 Å². The summed E-state index contributed by atoms with van der Waals surface area (Å²) in [5, 5.41) is 8.61. The number of rotatable bonds is 5. The normalized spacial score (nSPS) is 21.3.